The predicted octanol–water partition coefficient (Wildman–Crippen LogP) is 4.66. The number of benzene rings is 2. The molecule has 5 heteroatoms. The van der Waals surface area contributed by atoms with Crippen molar-refractivity contribution in [3.8, 4) is 11.4 Å². The van der Waals surface area contributed by atoms with Gasteiger partial charge in [0.1, 0.15) is 15.4 Å². The summed E-state index contributed by atoms with van der Waals surface area (Å²) >= 11 is 1.40. The average Bonchev–Trinajstić information content (AvgIpc) is 3.02. The molecule has 0 unspecified atom stereocenters. The molecule has 0 aliphatic carbocycles. The van der Waals surface area contributed by atoms with Crippen LogP contribution in [-0.2, 0) is 0 Å². The van der Waals surface area contributed by atoms with Gasteiger partial charge in [0.2, 0.25) is 0 Å². The number of nitrogens with zero attached hydrogens (tertiary/aromatic N) is 2. The Hall–Kier alpha value is -3.05. The third kappa shape index (κ3) is 2.09. The second-order valence-electron chi connectivity index (χ2n) is 5.99. The lowest BCUT2D eigenvalue weighted by Crippen LogP contribution is -2.07. The van der Waals surface area contributed by atoms with Crippen molar-refractivity contribution in [1.29, 1.82) is 0 Å². The Balaban J connectivity index is 1.94. The van der Waals surface area contributed by atoms with E-state index in [1.165, 1.54) is 11.3 Å². The Labute approximate surface area is 146 Å². The molecule has 0 atom stereocenters. The number of aromatic amines is 1. The Morgan fingerprint density at radius 2 is 1.72 bits per heavy atom. The SMILES string of the molecule is Cc1c2ccccc2nc2sc3c(=O)[nH]c(-c4ccccc4)nc3c12. The van der Waals surface area contributed by atoms with Crippen LogP contribution in [0, 0.1) is 6.92 Å². The van der Waals surface area contributed by atoms with Gasteiger partial charge in [0.25, 0.3) is 5.56 Å². The fourth-order valence-corrected chi connectivity index (χ4v) is 4.33. The highest BCUT2D eigenvalue weighted by molar-refractivity contribution is 7.25. The number of thiophene rings is 1. The Kier molecular flexibility index (Phi) is 2.99. The van der Waals surface area contributed by atoms with Crippen LogP contribution in [0.15, 0.2) is 59.4 Å². The molecule has 3 aromatic heterocycles. The van der Waals surface area contributed by atoms with E-state index in [1.54, 1.807) is 0 Å². The van der Waals surface area contributed by atoms with Gasteiger partial charge < -0.3 is 4.98 Å². The summed E-state index contributed by atoms with van der Waals surface area (Å²) in [5, 5.41) is 2.07. The summed E-state index contributed by atoms with van der Waals surface area (Å²) in [6.45, 7) is 2.07. The first kappa shape index (κ1) is 14.3. The minimum atomic E-state index is -0.115. The number of para-hydroxylation sites is 1. The quantitative estimate of drug-likeness (QED) is 0.481. The van der Waals surface area contributed by atoms with Gasteiger partial charge in [0.05, 0.1) is 11.0 Å². The molecule has 5 aromatic rings. The lowest BCUT2D eigenvalue weighted by atomic mass is 10.1. The van der Waals surface area contributed by atoms with Gasteiger partial charge in [-0.2, -0.15) is 0 Å². The van der Waals surface area contributed by atoms with E-state index >= 15 is 0 Å². The van der Waals surface area contributed by atoms with Gasteiger partial charge in [-0.1, -0.05) is 48.5 Å². The Bertz CT molecular complexity index is 1320. The largest absolute Gasteiger partial charge is 0.305 e. The molecule has 2 aromatic carbocycles. The van der Waals surface area contributed by atoms with Crippen molar-refractivity contribution in [2.75, 3.05) is 0 Å². The summed E-state index contributed by atoms with van der Waals surface area (Å²) in [4.78, 5) is 25.9. The van der Waals surface area contributed by atoms with Crippen molar-refractivity contribution in [1.82, 2.24) is 15.0 Å². The first-order chi connectivity index (χ1) is 12.2. The second-order valence-corrected chi connectivity index (χ2v) is 6.99. The van der Waals surface area contributed by atoms with Crippen LogP contribution in [0.5, 0.6) is 0 Å². The fourth-order valence-electron chi connectivity index (χ4n) is 3.26. The maximum Gasteiger partial charge on any atom is 0.269 e. The van der Waals surface area contributed by atoms with Gasteiger partial charge in [-0.15, -0.1) is 11.3 Å². The van der Waals surface area contributed by atoms with Crippen molar-refractivity contribution in [2.45, 2.75) is 6.92 Å². The topological polar surface area (TPSA) is 58.6 Å². The molecule has 0 bridgehead atoms. The standard InChI is InChI=1S/C20H13N3OS/c1-11-13-9-5-6-10-14(13)21-20-15(11)16-17(25-20)19(24)23-18(22-16)12-7-3-2-4-8-12/h2-10H,1H3,(H,22,23,24). The highest BCUT2D eigenvalue weighted by Gasteiger charge is 2.16. The minimum Gasteiger partial charge on any atom is -0.305 e. The lowest BCUT2D eigenvalue weighted by Gasteiger charge is -2.04. The number of aromatic nitrogens is 3. The number of aryl methyl sites for hydroxylation is 1. The molecular weight excluding hydrogens is 330 g/mol. The van der Waals surface area contributed by atoms with Crippen molar-refractivity contribution in [2.24, 2.45) is 0 Å². The molecule has 0 saturated carbocycles. The summed E-state index contributed by atoms with van der Waals surface area (Å²) in [7, 11) is 0. The van der Waals surface area contributed by atoms with Crippen molar-refractivity contribution < 1.29 is 0 Å². The van der Waals surface area contributed by atoms with Gasteiger partial charge in [-0.05, 0) is 18.6 Å². The summed E-state index contributed by atoms with van der Waals surface area (Å²) in [5.74, 6) is 0.588. The van der Waals surface area contributed by atoms with Crippen LogP contribution >= 0.6 is 11.3 Å². The van der Waals surface area contributed by atoms with E-state index in [0.29, 0.717) is 10.5 Å². The van der Waals surface area contributed by atoms with E-state index < -0.39 is 0 Å². The van der Waals surface area contributed by atoms with Crippen molar-refractivity contribution >= 4 is 42.7 Å². The van der Waals surface area contributed by atoms with Crippen LogP contribution in [0.4, 0.5) is 0 Å². The van der Waals surface area contributed by atoms with Crippen LogP contribution < -0.4 is 5.56 Å². The first-order valence-corrected chi connectivity index (χ1v) is 8.81. The Morgan fingerprint density at radius 1 is 0.960 bits per heavy atom. The summed E-state index contributed by atoms with van der Waals surface area (Å²) in [6.07, 6.45) is 0. The van der Waals surface area contributed by atoms with Gasteiger partial charge >= 0.3 is 0 Å². The monoisotopic (exact) mass is 343 g/mol. The van der Waals surface area contributed by atoms with Crippen LogP contribution in [0.3, 0.4) is 0 Å². The molecule has 120 valence electrons. The van der Waals surface area contributed by atoms with Crippen molar-refractivity contribution in [3.05, 3.63) is 70.5 Å². The zero-order chi connectivity index (χ0) is 17.0. The zero-order valence-corrected chi connectivity index (χ0v) is 14.2. The smallest absolute Gasteiger partial charge is 0.269 e. The highest BCUT2D eigenvalue weighted by atomic mass is 32.1. The molecule has 0 fully saturated rings. The lowest BCUT2D eigenvalue weighted by molar-refractivity contribution is 1.19. The molecule has 1 N–H and O–H groups in total. The molecular formula is C20H13N3OS. The number of H-pyrrole nitrogens is 1. The number of fused-ring (bicyclic) bond motifs is 4. The molecule has 0 aliphatic rings. The molecule has 0 saturated heterocycles. The maximum absolute atomic E-state index is 12.6. The van der Waals surface area contributed by atoms with E-state index in [0.717, 1.165) is 37.8 Å². The van der Waals surface area contributed by atoms with Gasteiger partial charge in [0, 0.05) is 16.3 Å². The highest BCUT2D eigenvalue weighted by Crippen LogP contribution is 2.35. The molecule has 5 rings (SSSR count). The molecule has 3 heterocycles. The summed E-state index contributed by atoms with van der Waals surface area (Å²) in [5.41, 5.74) is 3.57. The second kappa shape index (κ2) is 5.22. The van der Waals surface area contributed by atoms with Crippen LogP contribution in [0.25, 0.3) is 42.7 Å². The Morgan fingerprint density at radius 3 is 2.56 bits per heavy atom. The van der Waals surface area contributed by atoms with Crippen LogP contribution in [-0.4, -0.2) is 15.0 Å². The fraction of sp³-hybridized carbons (Fsp3) is 0.0500. The summed E-state index contributed by atoms with van der Waals surface area (Å²) in [6, 6.07) is 17.8. The molecule has 4 nitrogen and oxygen atoms in total. The predicted molar refractivity (Wildman–Crippen MR) is 103 cm³/mol. The third-order valence-corrected chi connectivity index (χ3v) is 5.55. The average molecular weight is 343 g/mol. The van der Waals surface area contributed by atoms with E-state index in [4.69, 9.17) is 9.97 Å². The number of nitrogens with one attached hydrogen (secondary N) is 1. The van der Waals surface area contributed by atoms with Gasteiger partial charge in [-0.25, -0.2) is 9.97 Å². The maximum atomic E-state index is 12.6. The van der Waals surface area contributed by atoms with E-state index in [2.05, 4.69) is 18.0 Å². The van der Waals surface area contributed by atoms with Crippen molar-refractivity contribution in [3.63, 3.8) is 0 Å². The van der Waals surface area contributed by atoms with E-state index in [1.807, 2.05) is 48.5 Å². The molecule has 0 aliphatic heterocycles. The normalized spacial score (nSPS) is 11.6. The number of hydrogen-bond donors (Lipinski definition) is 1. The zero-order valence-electron chi connectivity index (χ0n) is 13.4. The van der Waals surface area contributed by atoms with Gasteiger partial charge in [0.15, 0.2) is 0 Å². The summed E-state index contributed by atoms with van der Waals surface area (Å²) < 4.78 is 0.626. The van der Waals surface area contributed by atoms with Gasteiger partial charge in [-0.3, -0.25) is 4.79 Å². The number of pyridine rings is 1. The third-order valence-electron chi connectivity index (χ3n) is 4.48. The minimum absolute atomic E-state index is 0.115. The molecule has 0 spiro atoms. The van der Waals surface area contributed by atoms with Crippen LogP contribution in [0.1, 0.15) is 5.56 Å². The molecule has 25 heavy (non-hydrogen) atoms. The molecule has 0 radical (unpaired) electrons. The van der Waals surface area contributed by atoms with E-state index in [-0.39, 0.29) is 5.56 Å². The van der Waals surface area contributed by atoms with Crippen LogP contribution in [0.2, 0.25) is 0 Å². The number of hydrogen-bond acceptors (Lipinski definition) is 4. The molecule has 0 amide bonds. The van der Waals surface area contributed by atoms with E-state index in [9.17, 15) is 4.79 Å². The number of rotatable bonds is 1. The first-order valence-electron chi connectivity index (χ1n) is 7.99.